The predicted octanol–water partition coefficient (Wildman–Crippen LogP) is 3.92. The fraction of sp³-hybridized carbons (Fsp3) is 0.542. The van der Waals surface area contributed by atoms with Gasteiger partial charge in [-0.2, -0.15) is 9.67 Å². The molecule has 2 saturated heterocycles. The first-order valence-corrected chi connectivity index (χ1v) is 12.3. The zero-order valence-corrected chi connectivity index (χ0v) is 20.7. The van der Waals surface area contributed by atoms with Gasteiger partial charge in [0, 0.05) is 29.4 Å². The monoisotopic (exact) mass is 497 g/mol. The van der Waals surface area contributed by atoms with Gasteiger partial charge in [-0.05, 0) is 76.4 Å². The second-order valence-electron chi connectivity index (χ2n) is 10.9. The van der Waals surface area contributed by atoms with E-state index in [-0.39, 0.29) is 29.1 Å². The fourth-order valence-electron chi connectivity index (χ4n) is 5.91. The lowest BCUT2D eigenvalue weighted by molar-refractivity contribution is 0.0500. The smallest absolute Gasteiger partial charge is 0.229 e. The van der Waals surface area contributed by atoms with Crippen molar-refractivity contribution in [3.63, 3.8) is 0 Å². The summed E-state index contributed by atoms with van der Waals surface area (Å²) in [7, 11) is 0. The molecule has 6 rings (SSSR count). The highest BCUT2D eigenvalue weighted by Crippen LogP contribution is 2.41. The van der Waals surface area contributed by atoms with Crippen LogP contribution in [-0.2, 0) is 5.60 Å². The average Bonchev–Trinajstić information content (AvgIpc) is 3.48. The predicted molar refractivity (Wildman–Crippen MR) is 128 cm³/mol. The van der Waals surface area contributed by atoms with Gasteiger partial charge in [-0.15, -0.1) is 5.10 Å². The summed E-state index contributed by atoms with van der Waals surface area (Å²) >= 11 is 0. The molecular formula is C24H29F2N9O. The van der Waals surface area contributed by atoms with Gasteiger partial charge in [0.15, 0.2) is 34.6 Å². The molecule has 1 aromatic carbocycles. The Morgan fingerprint density at radius 1 is 1.14 bits per heavy atom. The number of nitrogens with zero attached hydrogens (tertiary/aromatic N) is 7. The Hall–Kier alpha value is -3.41. The first-order chi connectivity index (χ1) is 17.1. The molecule has 0 radical (unpaired) electrons. The van der Waals surface area contributed by atoms with Crippen molar-refractivity contribution < 1.29 is 13.5 Å². The number of benzene rings is 1. The van der Waals surface area contributed by atoms with Crippen molar-refractivity contribution in [3.8, 4) is 11.4 Å². The minimum absolute atomic E-state index is 0.0357. The van der Waals surface area contributed by atoms with E-state index >= 15 is 4.39 Å². The van der Waals surface area contributed by atoms with Crippen molar-refractivity contribution in [1.82, 2.24) is 35.1 Å². The van der Waals surface area contributed by atoms with Gasteiger partial charge in [-0.1, -0.05) is 0 Å². The maximum atomic E-state index is 15.0. The maximum Gasteiger partial charge on any atom is 0.229 e. The molecule has 3 aliphatic heterocycles. The number of fused-ring (bicyclic) bond motifs is 4. The first kappa shape index (κ1) is 23.0. The van der Waals surface area contributed by atoms with Crippen molar-refractivity contribution in [2.24, 2.45) is 0 Å². The van der Waals surface area contributed by atoms with Crippen LogP contribution in [0.4, 0.5) is 26.2 Å². The molecule has 12 heteroatoms. The second-order valence-corrected chi connectivity index (χ2v) is 10.9. The molecule has 3 aliphatic rings. The molecule has 190 valence electrons. The summed E-state index contributed by atoms with van der Waals surface area (Å²) in [5.41, 5.74) is -0.152. The molecule has 0 bridgehead atoms. The molecule has 0 saturated carbocycles. The standard InChI is InChI=1S/C24H29F2N9O/c1-23(2)11-14(8-15-6-5-7-34(15)23)28-20-17(26)12-27-22(30-20)29-13-9-16(25)19-18(10-13)35-21(31-32-33-35)24(3,4)36-19/h9-10,12,14-15H,5-8,11H2,1-4H3,(H2,27,28,29,30)/t14-,15+/m1/s1. The van der Waals surface area contributed by atoms with Crippen LogP contribution in [0.1, 0.15) is 59.2 Å². The molecular weight excluding hydrogens is 468 g/mol. The Labute approximate surface area is 207 Å². The van der Waals surface area contributed by atoms with Gasteiger partial charge >= 0.3 is 0 Å². The van der Waals surface area contributed by atoms with Crippen LogP contribution in [0.2, 0.25) is 0 Å². The SMILES string of the molecule is CC1(C)Oc2c(F)cc(Nc3ncc(F)c(N[C@@H]4C[C@@H]5CCCN5C(C)(C)C4)n3)cc2-n2nnnc21. The normalized spacial score (nSPS) is 23.8. The number of halogens is 2. The van der Waals surface area contributed by atoms with Gasteiger partial charge in [0.2, 0.25) is 5.95 Å². The number of anilines is 3. The van der Waals surface area contributed by atoms with E-state index in [1.165, 1.54) is 17.2 Å². The third kappa shape index (κ3) is 3.83. The molecule has 36 heavy (non-hydrogen) atoms. The van der Waals surface area contributed by atoms with Gasteiger partial charge in [0.05, 0.1) is 6.20 Å². The van der Waals surface area contributed by atoms with Gasteiger partial charge in [-0.3, -0.25) is 4.90 Å². The Morgan fingerprint density at radius 3 is 2.81 bits per heavy atom. The van der Waals surface area contributed by atoms with Crippen LogP contribution in [0, 0.1) is 11.6 Å². The topological polar surface area (TPSA) is 106 Å². The molecule has 0 aliphatic carbocycles. The molecule has 10 nitrogen and oxygen atoms in total. The molecule has 0 spiro atoms. The lowest BCUT2D eigenvalue weighted by Gasteiger charge is -2.47. The van der Waals surface area contributed by atoms with Crippen LogP contribution in [0.3, 0.4) is 0 Å². The summed E-state index contributed by atoms with van der Waals surface area (Å²) in [6.45, 7) is 9.14. The highest BCUT2D eigenvalue weighted by molar-refractivity contribution is 5.64. The highest BCUT2D eigenvalue weighted by atomic mass is 19.1. The quantitative estimate of drug-likeness (QED) is 0.555. The maximum absolute atomic E-state index is 15.0. The van der Waals surface area contributed by atoms with Crippen molar-refractivity contribution in [2.75, 3.05) is 17.2 Å². The molecule has 2 fully saturated rings. The number of nitrogens with one attached hydrogen (secondary N) is 2. The van der Waals surface area contributed by atoms with Gasteiger partial charge in [0.25, 0.3) is 0 Å². The van der Waals surface area contributed by atoms with Gasteiger partial charge < -0.3 is 15.4 Å². The largest absolute Gasteiger partial charge is 0.474 e. The lowest BCUT2D eigenvalue weighted by Crippen LogP contribution is -2.55. The van der Waals surface area contributed by atoms with Crippen LogP contribution < -0.4 is 15.4 Å². The highest BCUT2D eigenvalue weighted by Gasteiger charge is 2.43. The fourth-order valence-corrected chi connectivity index (χ4v) is 5.91. The zero-order valence-electron chi connectivity index (χ0n) is 20.7. The molecule has 2 atom stereocenters. The van der Waals surface area contributed by atoms with E-state index in [0.717, 1.165) is 32.0 Å². The number of piperidine rings is 1. The summed E-state index contributed by atoms with van der Waals surface area (Å²) in [5, 5.41) is 18.0. The van der Waals surface area contributed by atoms with Gasteiger partial charge in [-0.25, -0.2) is 13.8 Å². The number of hydrogen-bond acceptors (Lipinski definition) is 9. The van der Waals surface area contributed by atoms with Gasteiger partial charge in [0.1, 0.15) is 5.69 Å². The van der Waals surface area contributed by atoms with E-state index in [1.54, 1.807) is 19.9 Å². The second kappa shape index (κ2) is 8.05. The number of rotatable bonds is 4. The van der Waals surface area contributed by atoms with E-state index < -0.39 is 17.2 Å². The average molecular weight is 498 g/mol. The van der Waals surface area contributed by atoms with Crippen molar-refractivity contribution >= 4 is 17.5 Å². The van der Waals surface area contributed by atoms with Crippen LogP contribution in [0.5, 0.6) is 5.75 Å². The number of tetrazole rings is 1. The summed E-state index contributed by atoms with van der Waals surface area (Å²) in [4.78, 5) is 11.0. The molecule has 3 aromatic rings. The first-order valence-electron chi connectivity index (χ1n) is 12.3. The van der Waals surface area contributed by atoms with Crippen LogP contribution in [0.25, 0.3) is 5.69 Å². The number of hydrogen-bond donors (Lipinski definition) is 2. The summed E-state index contributed by atoms with van der Waals surface area (Å²) < 4.78 is 37.0. The van der Waals surface area contributed by atoms with Crippen molar-refractivity contribution in [3.05, 3.63) is 35.8 Å². The van der Waals surface area contributed by atoms with Crippen LogP contribution in [-0.4, -0.2) is 59.2 Å². The summed E-state index contributed by atoms with van der Waals surface area (Å²) in [5.74, 6) is -0.343. The molecule has 5 heterocycles. The Bertz CT molecular complexity index is 1320. The Balaban J connectivity index is 1.25. The van der Waals surface area contributed by atoms with E-state index in [0.29, 0.717) is 23.2 Å². The molecule has 2 N–H and O–H groups in total. The molecule has 0 unspecified atom stereocenters. The molecule has 2 aromatic heterocycles. The zero-order chi connectivity index (χ0) is 25.2. The van der Waals surface area contributed by atoms with Crippen LogP contribution >= 0.6 is 0 Å². The third-order valence-electron chi connectivity index (χ3n) is 7.42. The summed E-state index contributed by atoms with van der Waals surface area (Å²) in [6.07, 6.45) is 5.30. The third-order valence-corrected chi connectivity index (χ3v) is 7.42. The van der Waals surface area contributed by atoms with Crippen molar-refractivity contribution in [2.45, 2.75) is 76.6 Å². The van der Waals surface area contributed by atoms with Crippen molar-refractivity contribution in [1.29, 1.82) is 0 Å². The molecule has 0 amide bonds. The minimum atomic E-state index is -0.893. The van der Waals surface area contributed by atoms with E-state index in [1.807, 2.05) is 0 Å². The van der Waals surface area contributed by atoms with Crippen LogP contribution in [0.15, 0.2) is 18.3 Å². The van der Waals surface area contributed by atoms with E-state index in [9.17, 15) is 4.39 Å². The summed E-state index contributed by atoms with van der Waals surface area (Å²) in [6, 6.07) is 3.51. The number of aromatic nitrogens is 6. The lowest BCUT2D eigenvalue weighted by atomic mass is 9.84. The van der Waals surface area contributed by atoms with E-state index in [2.05, 4.69) is 54.9 Å². The minimum Gasteiger partial charge on any atom is -0.474 e. The Kier molecular flexibility index (Phi) is 5.15. The Morgan fingerprint density at radius 2 is 1.97 bits per heavy atom. The number of ether oxygens (including phenoxy) is 1. The van der Waals surface area contributed by atoms with E-state index in [4.69, 9.17) is 4.74 Å².